The summed E-state index contributed by atoms with van der Waals surface area (Å²) in [6.07, 6.45) is 5.18. The van der Waals surface area contributed by atoms with Crippen LogP contribution < -0.4 is 26.6 Å². The van der Waals surface area contributed by atoms with E-state index in [9.17, 15) is 8.78 Å². The van der Waals surface area contributed by atoms with Gasteiger partial charge in [0.1, 0.15) is 18.5 Å². The Morgan fingerprint density at radius 1 is 1.32 bits per heavy atom. The quantitative estimate of drug-likeness (QED) is 0.347. The summed E-state index contributed by atoms with van der Waals surface area (Å²) in [4.78, 5) is 6.96. The van der Waals surface area contributed by atoms with Crippen molar-refractivity contribution in [2.24, 2.45) is 4.99 Å². The lowest BCUT2D eigenvalue weighted by atomic mass is 10.1. The molecule has 5 N–H and O–H groups in total. The summed E-state index contributed by atoms with van der Waals surface area (Å²) >= 11 is 0. The molecule has 2 saturated heterocycles. The van der Waals surface area contributed by atoms with Crippen molar-refractivity contribution in [1.82, 2.24) is 31.5 Å². The number of aliphatic imine (C=N–C) groups is 1. The van der Waals surface area contributed by atoms with Crippen LogP contribution in [0.4, 0.5) is 13.2 Å². The molecule has 4 aliphatic rings. The zero-order valence-corrected chi connectivity index (χ0v) is 19.9. The van der Waals surface area contributed by atoms with E-state index in [-0.39, 0.29) is 31.1 Å². The lowest BCUT2D eigenvalue weighted by Gasteiger charge is -2.31. The number of hydrogen-bond donors (Lipinski definition) is 5. The summed E-state index contributed by atoms with van der Waals surface area (Å²) in [7, 11) is 0. The highest BCUT2D eigenvalue weighted by Crippen LogP contribution is 2.23. The second-order valence-electron chi connectivity index (χ2n) is 9.63. The van der Waals surface area contributed by atoms with Gasteiger partial charge in [-0.2, -0.15) is 0 Å². The molecule has 4 aliphatic heterocycles. The molecule has 0 aromatic heterocycles. The van der Waals surface area contributed by atoms with Crippen LogP contribution in [0, 0.1) is 0 Å². The zero-order chi connectivity index (χ0) is 23.9. The van der Waals surface area contributed by atoms with Crippen LogP contribution in [-0.2, 0) is 0 Å². The first-order chi connectivity index (χ1) is 16.5. The number of rotatable bonds is 9. The van der Waals surface area contributed by atoms with Crippen LogP contribution in [0.5, 0.6) is 0 Å². The van der Waals surface area contributed by atoms with Crippen LogP contribution in [0.1, 0.15) is 39.0 Å². The van der Waals surface area contributed by atoms with Crippen LogP contribution in [0.15, 0.2) is 40.1 Å². The third kappa shape index (κ3) is 7.14. The molecule has 0 aromatic carbocycles. The highest BCUT2D eigenvalue weighted by molar-refractivity contribution is 5.80. The van der Waals surface area contributed by atoms with Crippen molar-refractivity contribution in [3.05, 3.63) is 35.1 Å². The normalized spacial score (nSPS) is 32.0. The van der Waals surface area contributed by atoms with Crippen molar-refractivity contribution >= 4 is 6.21 Å². The largest absolute Gasteiger partial charge is 0.374 e. The Balaban J connectivity index is 1.24. The van der Waals surface area contributed by atoms with Crippen LogP contribution in [0.2, 0.25) is 0 Å². The van der Waals surface area contributed by atoms with Gasteiger partial charge in [-0.25, -0.2) is 13.2 Å². The predicted molar refractivity (Wildman–Crippen MR) is 129 cm³/mol. The topological polar surface area (TPSA) is 75.8 Å². The van der Waals surface area contributed by atoms with Gasteiger partial charge < -0.3 is 16.0 Å². The van der Waals surface area contributed by atoms with Crippen molar-refractivity contribution in [2.45, 2.75) is 69.6 Å². The number of hydrogen-bond acceptors (Lipinski definition) is 7. The third-order valence-corrected chi connectivity index (χ3v) is 6.90. The number of halogens is 3. The number of piperazine rings is 1. The summed E-state index contributed by atoms with van der Waals surface area (Å²) < 4.78 is 43.7. The third-order valence-electron chi connectivity index (χ3n) is 6.90. The summed E-state index contributed by atoms with van der Waals surface area (Å²) in [5.74, 6) is -0.939. The van der Waals surface area contributed by atoms with Crippen LogP contribution in [-0.4, -0.2) is 81.1 Å². The first kappa shape index (κ1) is 25.4. The van der Waals surface area contributed by atoms with E-state index in [0.717, 1.165) is 45.2 Å². The van der Waals surface area contributed by atoms with Crippen LogP contribution in [0.25, 0.3) is 0 Å². The minimum atomic E-state index is -1.37. The molecule has 0 aliphatic carbocycles. The van der Waals surface area contributed by atoms with Gasteiger partial charge in [-0.1, -0.05) is 6.08 Å². The molecule has 0 spiro atoms. The predicted octanol–water partition coefficient (Wildman–Crippen LogP) is 1.98. The zero-order valence-electron chi connectivity index (χ0n) is 19.9. The van der Waals surface area contributed by atoms with Crippen LogP contribution >= 0.6 is 0 Å². The maximum Gasteiger partial charge on any atom is 0.150 e. The molecule has 4 heterocycles. The molecule has 0 bridgehead atoms. The van der Waals surface area contributed by atoms with E-state index >= 15 is 4.39 Å². The fraction of sp³-hybridized carbons (Fsp3) is 0.708. The van der Waals surface area contributed by atoms with E-state index in [2.05, 4.69) is 42.6 Å². The molecule has 190 valence electrons. The molecule has 2 fully saturated rings. The van der Waals surface area contributed by atoms with Gasteiger partial charge >= 0.3 is 0 Å². The number of nitrogens with one attached hydrogen (secondary N) is 5. The summed E-state index contributed by atoms with van der Waals surface area (Å²) in [5.41, 5.74) is 1.53. The minimum Gasteiger partial charge on any atom is -0.374 e. The van der Waals surface area contributed by atoms with Gasteiger partial charge in [0.15, 0.2) is 5.83 Å². The Bertz CT molecular complexity index is 806. The number of dihydropyridines is 1. The molecule has 7 nitrogen and oxygen atoms in total. The van der Waals surface area contributed by atoms with E-state index in [0.29, 0.717) is 25.2 Å². The second-order valence-corrected chi connectivity index (χ2v) is 9.63. The molecule has 4 rings (SSSR count). The van der Waals surface area contributed by atoms with Crippen molar-refractivity contribution in [2.75, 3.05) is 39.4 Å². The number of alkyl halides is 1. The van der Waals surface area contributed by atoms with Crippen molar-refractivity contribution in [3.63, 3.8) is 0 Å². The first-order valence-electron chi connectivity index (χ1n) is 12.5. The van der Waals surface area contributed by atoms with Gasteiger partial charge in [-0.3, -0.25) is 20.5 Å². The number of allylic oxidation sites excluding steroid dienone is 2. The highest BCUT2D eigenvalue weighted by Gasteiger charge is 2.28. The average molecular weight is 482 g/mol. The second kappa shape index (κ2) is 12.3. The van der Waals surface area contributed by atoms with Gasteiger partial charge in [0.2, 0.25) is 0 Å². The highest BCUT2D eigenvalue weighted by atomic mass is 19.1. The Morgan fingerprint density at radius 2 is 2.15 bits per heavy atom. The van der Waals surface area contributed by atoms with Gasteiger partial charge in [-0.05, 0) is 37.8 Å². The van der Waals surface area contributed by atoms with Crippen molar-refractivity contribution < 1.29 is 13.2 Å². The SMILES string of the molecule is C[C@@H]1CCC([C@@H](F)/C=C(\F)CCC2=C(F)C(N[C@@H]3CC=C(CN4CCNCC4)C=N3)NCN2)N1. The molecule has 0 aromatic rings. The molecular formula is C24H38F3N7. The fourth-order valence-corrected chi connectivity index (χ4v) is 4.88. The molecule has 0 radical (unpaired) electrons. The molecule has 0 amide bonds. The monoisotopic (exact) mass is 481 g/mol. The van der Waals surface area contributed by atoms with E-state index in [1.165, 1.54) is 5.57 Å². The average Bonchev–Trinajstić information content (AvgIpc) is 3.28. The molecule has 5 atom stereocenters. The Kier molecular flexibility index (Phi) is 9.18. The fourth-order valence-electron chi connectivity index (χ4n) is 4.88. The summed E-state index contributed by atoms with van der Waals surface area (Å²) in [6.45, 7) is 7.32. The van der Waals surface area contributed by atoms with Gasteiger partial charge in [0.25, 0.3) is 0 Å². The minimum absolute atomic E-state index is 0.0368. The van der Waals surface area contributed by atoms with Gasteiger partial charge in [0.05, 0.1) is 12.5 Å². The Morgan fingerprint density at radius 3 is 2.85 bits per heavy atom. The maximum atomic E-state index is 15.0. The van der Waals surface area contributed by atoms with Crippen molar-refractivity contribution in [1.29, 1.82) is 0 Å². The molecule has 34 heavy (non-hydrogen) atoms. The van der Waals surface area contributed by atoms with Gasteiger partial charge in [-0.15, -0.1) is 0 Å². The van der Waals surface area contributed by atoms with Crippen molar-refractivity contribution in [3.8, 4) is 0 Å². The van der Waals surface area contributed by atoms with E-state index in [4.69, 9.17) is 0 Å². The molecule has 10 heteroatoms. The lowest BCUT2D eigenvalue weighted by Crippen LogP contribution is -2.54. The number of nitrogens with zero attached hydrogens (tertiary/aromatic N) is 2. The van der Waals surface area contributed by atoms with E-state index < -0.39 is 24.0 Å². The van der Waals surface area contributed by atoms with Gasteiger partial charge in [0, 0.05) is 69.6 Å². The van der Waals surface area contributed by atoms with E-state index in [1.807, 2.05) is 13.1 Å². The smallest absolute Gasteiger partial charge is 0.150 e. The Labute approximate surface area is 200 Å². The van der Waals surface area contributed by atoms with E-state index in [1.54, 1.807) is 0 Å². The molecule has 2 unspecified atom stereocenters. The lowest BCUT2D eigenvalue weighted by molar-refractivity contribution is 0.261. The van der Waals surface area contributed by atoms with Crippen LogP contribution in [0.3, 0.4) is 0 Å². The Hall–Kier alpha value is -1.72. The maximum absolute atomic E-state index is 15.0. The molecular weight excluding hydrogens is 443 g/mol. The first-order valence-corrected chi connectivity index (χ1v) is 12.5. The molecule has 0 saturated carbocycles. The summed E-state index contributed by atoms with van der Waals surface area (Å²) in [5, 5.41) is 15.7. The summed E-state index contributed by atoms with van der Waals surface area (Å²) in [6, 6.07) is -0.0881. The standard InChI is InChI=1S/C24H38F3N7/c1-16-2-5-20(32-16)19(26)12-18(25)4-6-21-23(27)24(31-15-30-21)33-22-7-3-17(13-29-22)14-34-10-8-28-9-11-34/h3,12-13,16,19-20,22,24,28,30-33H,2,4-11,14-15H2,1H3/b18-12-/t16-,19+,20?,22-,24?/m1/s1.